The summed E-state index contributed by atoms with van der Waals surface area (Å²) >= 11 is 0. The van der Waals surface area contributed by atoms with Crippen LogP contribution in [0.3, 0.4) is 0 Å². The van der Waals surface area contributed by atoms with Gasteiger partial charge in [-0.1, -0.05) is 6.07 Å². The third-order valence-corrected chi connectivity index (χ3v) is 6.69. The van der Waals surface area contributed by atoms with E-state index in [9.17, 15) is 14.7 Å². The average Bonchev–Trinajstić information content (AvgIpc) is 3.18. The molecule has 1 N–H and O–H groups in total. The molecule has 0 bridgehead atoms. The summed E-state index contributed by atoms with van der Waals surface area (Å²) in [4.78, 5) is 29.1. The summed E-state index contributed by atoms with van der Waals surface area (Å²) in [6, 6.07) is 5.20. The Bertz CT molecular complexity index is 749. The van der Waals surface area contributed by atoms with Crippen LogP contribution in [0.25, 0.3) is 0 Å². The van der Waals surface area contributed by atoms with Crippen LogP contribution in [0.2, 0.25) is 0 Å². The number of aryl methyl sites for hydroxylation is 1. The fraction of sp³-hybridized carbons (Fsp3) is 0.636. The number of benzene rings is 1. The molecule has 4 rings (SSSR count). The van der Waals surface area contributed by atoms with E-state index < -0.39 is 0 Å². The van der Waals surface area contributed by atoms with Crippen molar-refractivity contribution in [3.05, 3.63) is 29.3 Å². The molecule has 1 atom stereocenters. The summed E-state index contributed by atoms with van der Waals surface area (Å²) in [6.45, 7) is 5.54. The molecule has 3 fully saturated rings. The summed E-state index contributed by atoms with van der Waals surface area (Å²) in [5, 5.41) is 10.1. The van der Waals surface area contributed by atoms with Crippen molar-refractivity contribution in [3.63, 3.8) is 0 Å². The zero-order valence-electron chi connectivity index (χ0n) is 16.7. The second kappa shape index (κ2) is 7.74. The van der Waals surface area contributed by atoms with Crippen LogP contribution in [-0.4, -0.2) is 65.6 Å². The van der Waals surface area contributed by atoms with Gasteiger partial charge in [-0.25, -0.2) is 0 Å². The van der Waals surface area contributed by atoms with E-state index in [4.69, 9.17) is 4.74 Å². The van der Waals surface area contributed by atoms with Crippen LogP contribution >= 0.6 is 0 Å². The van der Waals surface area contributed by atoms with Crippen molar-refractivity contribution in [2.45, 2.75) is 51.6 Å². The number of carbonyl (C=O) groups excluding carboxylic acids is 2. The van der Waals surface area contributed by atoms with Crippen LogP contribution in [-0.2, 0) is 9.53 Å². The monoisotopic (exact) mass is 386 g/mol. The zero-order chi connectivity index (χ0) is 19.7. The highest BCUT2D eigenvalue weighted by Crippen LogP contribution is 2.41. The maximum absolute atomic E-state index is 12.8. The van der Waals surface area contributed by atoms with Crippen LogP contribution in [0.15, 0.2) is 18.2 Å². The molecular weight excluding hydrogens is 356 g/mol. The number of rotatable bonds is 3. The van der Waals surface area contributed by atoms with Crippen LogP contribution in [0.1, 0.15) is 54.4 Å². The molecular formula is C22H30N2O4. The molecule has 3 aliphatic rings. The Kier molecular flexibility index (Phi) is 5.32. The number of carbonyl (C=O) groups is 2. The second-order valence-electron chi connectivity index (χ2n) is 8.72. The van der Waals surface area contributed by atoms with Crippen LogP contribution < -0.4 is 0 Å². The van der Waals surface area contributed by atoms with Gasteiger partial charge in [0.2, 0.25) is 5.91 Å². The molecule has 1 aromatic rings. The van der Waals surface area contributed by atoms with Gasteiger partial charge >= 0.3 is 0 Å². The number of nitrogens with zero attached hydrogens (tertiary/aromatic N) is 2. The predicted octanol–water partition coefficient (Wildman–Crippen LogP) is 2.72. The number of piperidine rings is 2. The van der Waals surface area contributed by atoms with Gasteiger partial charge in [-0.3, -0.25) is 9.59 Å². The topological polar surface area (TPSA) is 70.1 Å². The van der Waals surface area contributed by atoms with Gasteiger partial charge in [0.1, 0.15) is 5.75 Å². The molecule has 2 amide bonds. The largest absolute Gasteiger partial charge is 0.507 e. The van der Waals surface area contributed by atoms with Gasteiger partial charge in [0.25, 0.3) is 5.91 Å². The van der Waals surface area contributed by atoms with E-state index >= 15 is 0 Å². The van der Waals surface area contributed by atoms with Crippen molar-refractivity contribution in [1.29, 1.82) is 0 Å². The molecule has 0 aliphatic carbocycles. The minimum absolute atomic E-state index is 0.0521. The molecule has 3 heterocycles. The van der Waals surface area contributed by atoms with Gasteiger partial charge < -0.3 is 19.6 Å². The first-order chi connectivity index (χ1) is 13.5. The predicted molar refractivity (Wildman–Crippen MR) is 105 cm³/mol. The molecule has 1 aromatic carbocycles. The first-order valence-corrected chi connectivity index (χ1v) is 10.4. The number of phenols is 1. The van der Waals surface area contributed by atoms with E-state index in [1.54, 1.807) is 12.1 Å². The van der Waals surface area contributed by atoms with Gasteiger partial charge in [-0.05, 0) is 62.1 Å². The summed E-state index contributed by atoms with van der Waals surface area (Å²) in [5.41, 5.74) is 1.42. The quantitative estimate of drug-likeness (QED) is 0.867. The minimum Gasteiger partial charge on any atom is -0.507 e. The number of hydrogen-bond donors (Lipinski definition) is 1. The first-order valence-electron chi connectivity index (χ1n) is 10.4. The lowest BCUT2D eigenvalue weighted by atomic mass is 9.72. The summed E-state index contributed by atoms with van der Waals surface area (Å²) in [7, 11) is 0. The molecule has 3 saturated heterocycles. The smallest absolute Gasteiger partial charge is 0.257 e. The van der Waals surface area contributed by atoms with Crippen LogP contribution in [0.4, 0.5) is 0 Å². The Morgan fingerprint density at radius 2 is 2.07 bits per heavy atom. The van der Waals surface area contributed by atoms with Crippen molar-refractivity contribution in [2.24, 2.45) is 5.41 Å². The molecule has 0 unspecified atom stereocenters. The van der Waals surface area contributed by atoms with Crippen molar-refractivity contribution in [2.75, 3.05) is 32.8 Å². The van der Waals surface area contributed by atoms with E-state index in [1.165, 1.54) is 0 Å². The van der Waals surface area contributed by atoms with Gasteiger partial charge in [0, 0.05) is 39.2 Å². The highest BCUT2D eigenvalue weighted by atomic mass is 16.5. The van der Waals surface area contributed by atoms with Crippen molar-refractivity contribution >= 4 is 11.8 Å². The van der Waals surface area contributed by atoms with Gasteiger partial charge in [0.05, 0.1) is 11.7 Å². The molecule has 0 radical (unpaired) electrons. The third-order valence-electron chi connectivity index (χ3n) is 6.69. The molecule has 6 heteroatoms. The Morgan fingerprint density at radius 1 is 1.29 bits per heavy atom. The summed E-state index contributed by atoms with van der Waals surface area (Å²) in [5.74, 6) is 0.191. The van der Waals surface area contributed by atoms with Gasteiger partial charge in [-0.15, -0.1) is 0 Å². The van der Waals surface area contributed by atoms with Crippen molar-refractivity contribution < 1.29 is 19.4 Å². The zero-order valence-corrected chi connectivity index (χ0v) is 16.7. The molecule has 3 aliphatic heterocycles. The Hall–Kier alpha value is -2.08. The summed E-state index contributed by atoms with van der Waals surface area (Å²) in [6.07, 6.45) is 5.62. The van der Waals surface area contributed by atoms with Gasteiger partial charge in [-0.2, -0.15) is 0 Å². The highest BCUT2D eigenvalue weighted by molar-refractivity contribution is 5.97. The van der Waals surface area contributed by atoms with E-state index in [1.807, 2.05) is 22.8 Å². The van der Waals surface area contributed by atoms with E-state index in [-0.39, 0.29) is 29.1 Å². The lowest BCUT2D eigenvalue weighted by molar-refractivity contribution is -0.141. The minimum atomic E-state index is -0.101. The fourth-order valence-electron chi connectivity index (χ4n) is 4.89. The SMILES string of the molecule is Cc1ccc(C(=O)N2CCC3(CCC(=O)N(C[C@@H]4CCCO4)C3)CC2)c(O)c1. The number of phenolic OH excluding ortho intramolecular Hbond substituents is 1. The maximum atomic E-state index is 12.8. The molecule has 1 spiro atoms. The lowest BCUT2D eigenvalue weighted by Crippen LogP contribution is -2.53. The number of hydrogen-bond acceptors (Lipinski definition) is 4. The van der Waals surface area contributed by atoms with E-state index in [0.29, 0.717) is 31.6 Å². The lowest BCUT2D eigenvalue weighted by Gasteiger charge is -2.47. The Labute approximate surface area is 166 Å². The number of aromatic hydroxyl groups is 1. The van der Waals surface area contributed by atoms with E-state index in [0.717, 1.165) is 50.8 Å². The highest BCUT2D eigenvalue weighted by Gasteiger charge is 2.42. The maximum Gasteiger partial charge on any atom is 0.257 e. The second-order valence-corrected chi connectivity index (χ2v) is 8.72. The fourth-order valence-corrected chi connectivity index (χ4v) is 4.89. The van der Waals surface area contributed by atoms with E-state index in [2.05, 4.69) is 0 Å². The average molecular weight is 386 g/mol. The molecule has 152 valence electrons. The summed E-state index contributed by atoms with van der Waals surface area (Å²) < 4.78 is 5.73. The molecule has 28 heavy (non-hydrogen) atoms. The molecule has 0 aromatic heterocycles. The standard InChI is InChI=1S/C22H30N2O4/c1-16-4-5-18(19(25)13-16)21(27)23-10-8-22(9-11-23)7-6-20(26)24(15-22)14-17-3-2-12-28-17/h4-5,13,17,25H,2-3,6-12,14-15H2,1H3/t17-/m0/s1. The van der Waals surface area contributed by atoms with Crippen LogP contribution in [0, 0.1) is 12.3 Å². The number of likely N-dealkylation sites (tertiary alicyclic amines) is 2. The Morgan fingerprint density at radius 3 is 2.75 bits per heavy atom. The van der Waals surface area contributed by atoms with Gasteiger partial charge in [0.15, 0.2) is 0 Å². The molecule has 6 nitrogen and oxygen atoms in total. The first kappa shape index (κ1) is 19.2. The number of ether oxygens (including phenoxy) is 1. The normalized spacial score (nSPS) is 24.8. The van der Waals surface area contributed by atoms with Crippen molar-refractivity contribution in [3.8, 4) is 5.75 Å². The van der Waals surface area contributed by atoms with Crippen molar-refractivity contribution in [1.82, 2.24) is 9.80 Å². The number of amides is 2. The van der Waals surface area contributed by atoms with Crippen LogP contribution in [0.5, 0.6) is 5.75 Å². The Balaban J connectivity index is 1.38. The molecule has 0 saturated carbocycles. The third kappa shape index (κ3) is 3.88.